The van der Waals surface area contributed by atoms with Gasteiger partial charge < -0.3 is 10.4 Å². The Hall–Kier alpha value is -1.20. The van der Waals surface area contributed by atoms with E-state index in [4.69, 9.17) is 11.6 Å². The quantitative estimate of drug-likeness (QED) is 0.737. The maximum absolute atomic E-state index is 13.7. The van der Waals surface area contributed by atoms with Gasteiger partial charge in [-0.1, -0.05) is 17.7 Å². The molecule has 1 saturated carbocycles. The molecule has 0 aromatic carbocycles. The Kier molecular flexibility index (Phi) is 2.18. The Bertz CT molecular complexity index is 510. The van der Waals surface area contributed by atoms with Crippen molar-refractivity contribution in [3.8, 4) is 0 Å². The molecule has 0 bridgehead atoms. The summed E-state index contributed by atoms with van der Waals surface area (Å²) in [4.78, 5) is 15.3. The number of rotatable bonds is 1. The molecule has 3 rings (SSSR count). The predicted octanol–water partition coefficient (Wildman–Crippen LogP) is 0.981. The second-order valence-corrected chi connectivity index (χ2v) is 4.93. The largest absolute Gasteiger partial charge is 0.387 e. The van der Waals surface area contributed by atoms with Gasteiger partial charge in [-0.05, 0) is 18.9 Å². The fourth-order valence-corrected chi connectivity index (χ4v) is 2.80. The lowest BCUT2D eigenvalue weighted by Crippen LogP contribution is -2.54. The molecule has 4 nitrogen and oxygen atoms in total. The molecule has 1 amide bonds. The lowest BCUT2D eigenvalue weighted by atomic mass is 9.68. The molecule has 0 spiro atoms. The van der Waals surface area contributed by atoms with Crippen LogP contribution in [-0.4, -0.2) is 27.6 Å². The topological polar surface area (TPSA) is 62.2 Å². The number of nitrogens with zero attached hydrogens (tertiary/aromatic N) is 1. The van der Waals surface area contributed by atoms with Crippen LogP contribution in [0.1, 0.15) is 24.3 Å². The van der Waals surface area contributed by atoms with E-state index in [-0.39, 0.29) is 22.7 Å². The average Bonchev–Trinajstić information content (AvgIpc) is 2.42. The fourth-order valence-electron chi connectivity index (χ4n) is 2.66. The molecular formula is C11H10ClFN2O2. The van der Waals surface area contributed by atoms with Crippen LogP contribution in [0.3, 0.4) is 0 Å². The van der Waals surface area contributed by atoms with Crippen molar-refractivity contribution in [2.45, 2.75) is 30.4 Å². The first-order chi connectivity index (χ1) is 8.02. The highest BCUT2D eigenvalue weighted by molar-refractivity contribution is 6.29. The highest BCUT2D eigenvalue weighted by Gasteiger charge is 2.60. The number of hydrogen-bond donors (Lipinski definition) is 2. The second kappa shape index (κ2) is 3.40. The smallest absolute Gasteiger partial charge is 0.231 e. The Balaban J connectivity index is 2.06. The first kappa shape index (κ1) is 10.9. The third-order valence-electron chi connectivity index (χ3n) is 3.67. The molecule has 2 N–H and O–H groups in total. The number of fused-ring (bicyclic) bond motifs is 1. The van der Waals surface area contributed by atoms with Crippen LogP contribution in [0.4, 0.5) is 4.39 Å². The van der Waals surface area contributed by atoms with E-state index in [1.54, 1.807) is 0 Å². The number of nitrogens with one attached hydrogen (secondary N) is 1. The van der Waals surface area contributed by atoms with Crippen molar-refractivity contribution < 1.29 is 14.3 Å². The van der Waals surface area contributed by atoms with Crippen LogP contribution >= 0.6 is 11.6 Å². The molecule has 90 valence electrons. The number of pyridine rings is 1. The fraction of sp³-hybridized carbons (Fsp3) is 0.455. The maximum Gasteiger partial charge on any atom is 0.231 e. The number of hydrogen-bond acceptors (Lipinski definition) is 3. The van der Waals surface area contributed by atoms with Crippen LogP contribution in [0.25, 0.3) is 0 Å². The molecule has 0 radical (unpaired) electrons. The standard InChI is InChI=1S/C11H10ClFN2O2/c12-7-2-1-5(9(13)15-7)8-10(16)14-6-3-4-11(6,8)17/h1-2,6,8,17H,3-4H2,(H,14,16)/t6-,8-,11-/m0/s1. The van der Waals surface area contributed by atoms with Gasteiger partial charge in [-0.25, -0.2) is 4.98 Å². The number of carbonyl (C=O) groups excluding carboxylic acids is 1. The molecule has 1 saturated heterocycles. The summed E-state index contributed by atoms with van der Waals surface area (Å²) in [6, 6.07) is 2.56. The molecule has 0 unspecified atom stereocenters. The van der Waals surface area contributed by atoms with Gasteiger partial charge in [0.2, 0.25) is 11.9 Å². The third kappa shape index (κ3) is 1.39. The number of carbonyl (C=O) groups is 1. The summed E-state index contributed by atoms with van der Waals surface area (Å²) >= 11 is 5.56. The summed E-state index contributed by atoms with van der Waals surface area (Å²) in [6.07, 6.45) is 1.21. The van der Waals surface area contributed by atoms with Gasteiger partial charge in [-0.2, -0.15) is 4.39 Å². The zero-order valence-electron chi connectivity index (χ0n) is 8.78. The zero-order valence-corrected chi connectivity index (χ0v) is 9.54. The zero-order chi connectivity index (χ0) is 12.2. The SMILES string of the molecule is O=C1N[C@H]2CC[C@@]2(O)[C@H]1c1ccc(Cl)nc1F. The molecule has 6 heteroatoms. The summed E-state index contributed by atoms with van der Waals surface area (Å²) < 4.78 is 13.7. The van der Waals surface area contributed by atoms with Crippen molar-refractivity contribution in [2.75, 3.05) is 0 Å². The van der Waals surface area contributed by atoms with Crippen molar-refractivity contribution in [3.05, 3.63) is 28.8 Å². The van der Waals surface area contributed by atoms with E-state index in [0.29, 0.717) is 6.42 Å². The highest BCUT2D eigenvalue weighted by atomic mass is 35.5. The van der Waals surface area contributed by atoms with Crippen LogP contribution in [-0.2, 0) is 4.79 Å². The van der Waals surface area contributed by atoms with E-state index in [9.17, 15) is 14.3 Å². The number of aromatic nitrogens is 1. The van der Waals surface area contributed by atoms with E-state index in [1.807, 2.05) is 0 Å². The van der Waals surface area contributed by atoms with Crippen molar-refractivity contribution in [1.82, 2.24) is 10.3 Å². The average molecular weight is 257 g/mol. The molecule has 3 atom stereocenters. The first-order valence-corrected chi connectivity index (χ1v) is 5.75. The van der Waals surface area contributed by atoms with E-state index < -0.39 is 17.5 Å². The number of aliphatic hydroxyl groups is 1. The minimum absolute atomic E-state index is 0.0294. The van der Waals surface area contributed by atoms with Crippen LogP contribution in [0.5, 0.6) is 0 Å². The third-order valence-corrected chi connectivity index (χ3v) is 3.88. The number of amides is 1. The molecule has 1 aliphatic carbocycles. The Morgan fingerprint density at radius 1 is 1.59 bits per heavy atom. The molecule has 2 heterocycles. The Morgan fingerprint density at radius 3 is 2.88 bits per heavy atom. The Morgan fingerprint density at radius 2 is 2.35 bits per heavy atom. The Labute approximate surface area is 102 Å². The van der Waals surface area contributed by atoms with Gasteiger partial charge in [0, 0.05) is 5.56 Å². The predicted molar refractivity (Wildman–Crippen MR) is 58.1 cm³/mol. The molecule has 2 fully saturated rings. The van der Waals surface area contributed by atoms with Crippen molar-refractivity contribution in [1.29, 1.82) is 0 Å². The van der Waals surface area contributed by atoms with E-state index >= 15 is 0 Å². The van der Waals surface area contributed by atoms with E-state index in [1.165, 1.54) is 12.1 Å². The second-order valence-electron chi connectivity index (χ2n) is 4.54. The van der Waals surface area contributed by atoms with Crippen molar-refractivity contribution >= 4 is 17.5 Å². The lowest BCUT2D eigenvalue weighted by molar-refractivity contribution is -0.122. The van der Waals surface area contributed by atoms with Crippen molar-refractivity contribution in [3.63, 3.8) is 0 Å². The minimum atomic E-state index is -1.17. The van der Waals surface area contributed by atoms with Crippen LogP contribution in [0.15, 0.2) is 12.1 Å². The van der Waals surface area contributed by atoms with Crippen LogP contribution in [0.2, 0.25) is 5.15 Å². The van der Waals surface area contributed by atoms with Gasteiger partial charge in [-0.3, -0.25) is 4.79 Å². The molecule has 17 heavy (non-hydrogen) atoms. The molecule has 2 aliphatic rings. The minimum Gasteiger partial charge on any atom is -0.387 e. The maximum atomic E-state index is 13.7. The lowest BCUT2D eigenvalue weighted by Gasteiger charge is -2.41. The van der Waals surface area contributed by atoms with Gasteiger partial charge in [0.05, 0.1) is 12.0 Å². The summed E-state index contributed by atoms with van der Waals surface area (Å²) in [7, 11) is 0. The van der Waals surface area contributed by atoms with Crippen LogP contribution in [0, 0.1) is 5.95 Å². The van der Waals surface area contributed by atoms with Crippen molar-refractivity contribution in [2.24, 2.45) is 0 Å². The normalized spacial score (nSPS) is 35.1. The number of halogens is 2. The monoisotopic (exact) mass is 256 g/mol. The molecular weight excluding hydrogens is 247 g/mol. The highest BCUT2D eigenvalue weighted by Crippen LogP contribution is 2.48. The molecule has 1 aromatic heterocycles. The first-order valence-electron chi connectivity index (χ1n) is 5.37. The summed E-state index contributed by atoms with van der Waals surface area (Å²) in [6.45, 7) is 0. The van der Waals surface area contributed by atoms with E-state index in [2.05, 4.69) is 10.3 Å². The molecule has 1 aliphatic heterocycles. The summed E-state index contributed by atoms with van der Waals surface area (Å²) in [5.74, 6) is -2.03. The summed E-state index contributed by atoms with van der Waals surface area (Å²) in [5.41, 5.74) is -1.07. The van der Waals surface area contributed by atoms with Gasteiger partial charge in [0.1, 0.15) is 10.8 Å². The van der Waals surface area contributed by atoms with Gasteiger partial charge >= 0.3 is 0 Å². The van der Waals surface area contributed by atoms with Gasteiger partial charge in [0.15, 0.2) is 0 Å². The van der Waals surface area contributed by atoms with E-state index in [0.717, 1.165) is 6.42 Å². The van der Waals surface area contributed by atoms with Gasteiger partial charge in [0.25, 0.3) is 0 Å². The molecule has 1 aromatic rings. The van der Waals surface area contributed by atoms with Crippen LogP contribution < -0.4 is 5.32 Å². The van der Waals surface area contributed by atoms with Gasteiger partial charge in [-0.15, -0.1) is 0 Å². The summed E-state index contributed by atoms with van der Waals surface area (Å²) in [5, 5.41) is 13.0.